The highest BCUT2D eigenvalue weighted by Gasteiger charge is 2.22. The number of benzene rings is 1. The number of rotatable bonds is 5. The Morgan fingerprint density at radius 2 is 2.22 bits per heavy atom. The van der Waals surface area contributed by atoms with Crippen molar-refractivity contribution in [3.63, 3.8) is 0 Å². The van der Waals surface area contributed by atoms with Crippen LogP contribution in [0.3, 0.4) is 0 Å². The summed E-state index contributed by atoms with van der Waals surface area (Å²) in [6, 6.07) is 6.26. The summed E-state index contributed by atoms with van der Waals surface area (Å²) in [6.07, 6.45) is 3.34. The van der Waals surface area contributed by atoms with E-state index in [1.807, 2.05) is 6.07 Å². The number of H-pyrrole nitrogens is 1. The molecule has 0 atom stereocenters. The molecular weight excluding hydrogens is 292 g/mol. The van der Waals surface area contributed by atoms with Crippen LogP contribution in [-0.2, 0) is 11.2 Å². The van der Waals surface area contributed by atoms with Gasteiger partial charge in [0.15, 0.2) is 5.69 Å². The monoisotopic (exact) mass is 314 g/mol. The first-order chi connectivity index (χ1) is 11.2. The Bertz CT molecular complexity index is 696. The van der Waals surface area contributed by atoms with Gasteiger partial charge >= 0.3 is 5.97 Å². The highest BCUT2D eigenvalue weighted by molar-refractivity contribution is 5.94. The molecule has 0 amide bonds. The number of aromatic nitrogens is 3. The van der Waals surface area contributed by atoms with E-state index >= 15 is 0 Å². The molecule has 1 aromatic heterocycles. The van der Waals surface area contributed by atoms with Crippen LogP contribution in [0.5, 0.6) is 0 Å². The predicted molar refractivity (Wildman–Crippen MR) is 88.6 cm³/mol. The van der Waals surface area contributed by atoms with E-state index in [4.69, 9.17) is 4.74 Å². The number of anilines is 1. The van der Waals surface area contributed by atoms with Crippen molar-refractivity contribution in [3.05, 3.63) is 29.5 Å². The number of carbonyl (C=O) groups is 1. The number of fused-ring (bicyclic) bond motifs is 1. The average Bonchev–Trinajstić information content (AvgIpc) is 3.05. The smallest absolute Gasteiger partial charge is 0.361 e. The Hall–Kier alpha value is -2.37. The number of hydrogen-bond donors (Lipinski definition) is 1. The highest BCUT2D eigenvalue weighted by Crippen LogP contribution is 2.32. The quantitative estimate of drug-likeness (QED) is 0.859. The molecule has 1 aromatic carbocycles. The molecule has 122 valence electrons. The van der Waals surface area contributed by atoms with Crippen LogP contribution < -0.4 is 4.90 Å². The highest BCUT2D eigenvalue weighted by atomic mass is 16.5. The molecule has 0 aliphatic carbocycles. The van der Waals surface area contributed by atoms with Crippen molar-refractivity contribution in [2.24, 2.45) is 0 Å². The van der Waals surface area contributed by atoms with Crippen LogP contribution in [0.4, 0.5) is 5.69 Å². The number of carbonyl (C=O) groups excluding carboxylic acids is 1. The molecule has 1 aliphatic heterocycles. The minimum absolute atomic E-state index is 0.244. The minimum atomic E-state index is -0.443. The molecule has 23 heavy (non-hydrogen) atoms. The summed E-state index contributed by atoms with van der Waals surface area (Å²) in [4.78, 5) is 14.4. The molecule has 6 nitrogen and oxygen atoms in total. The number of nitrogens with one attached hydrogen (secondary N) is 1. The lowest BCUT2D eigenvalue weighted by atomic mass is 9.97. The van der Waals surface area contributed by atoms with E-state index in [0.29, 0.717) is 12.3 Å². The maximum Gasteiger partial charge on any atom is 0.361 e. The second-order valence-electron chi connectivity index (χ2n) is 5.68. The largest absolute Gasteiger partial charge is 0.461 e. The summed E-state index contributed by atoms with van der Waals surface area (Å²) in [6.45, 7) is 6.48. The molecule has 0 radical (unpaired) electrons. The van der Waals surface area contributed by atoms with Crippen LogP contribution >= 0.6 is 0 Å². The number of ether oxygens (including phenoxy) is 1. The van der Waals surface area contributed by atoms with Gasteiger partial charge in [0.1, 0.15) is 5.69 Å². The van der Waals surface area contributed by atoms with Crippen molar-refractivity contribution in [1.29, 1.82) is 0 Å². The minimum Gasteiger partial charge on any atom is -0.461 e. The second kappa shape index (κ2) is 6.81. The first-order valence-electron chi connectivity index (χ1n) is 8.20. The molecule has 6 heteroatoms. The molecule has 0 unspecified atom stereocenters. The predicted octanol–water partition coefficient (Wildman–Crippen LogP) is 2.81. The van der Waals surface area contributed by atoms with E-state index in [9.17, 15) is 4.79 Å². The number of esters is 1. The molecule has 2 heterocycles. The van der Waals surface area contributed by atoms with Gasteiger partial charge in [-0.05, 0) is 43.9 Å². The lowest BCUT2D eigenvalue weighted by molar-refractivity contribution is 0.0520. The van der Waals surface area contributed by atoms with Crippen LogP contribution in [0.25, 0.3) is 11.3 Å². The van der Waals surface area contributed by atoms with Crippen molar-refractivity contribution in [3.8, 4) is 11.3 Å². The summed E-state index contributed by atoms with van der Waals surface area (Å²) >= 11 is 0. The Labute approximate surface area is 135 Å². The summed E-state index contributed by atoms with van der Waals surface area (Å²) < 4.78 is 5.04. The normalized spacial score (nSPS) is 13.7. The zero-order chi connectivity index (χ0) is 16.2. The molecule has 0 bridgehead atoms. The van der Waals surface area contributed by atoms with Crippen LogP contribution in [0, 0.1) is 0 Å². The summed E-state index contributed by atoms with van der Waals surface area (Å²) in [5.74, 6) is -0.443. The van der Waals surface area contributed by atoms with Gasteiger partial charge in [0.2, 0.25) is 0 Å². The Kier molecular flexibility index (Phi) is 4.60. The van der Waals surface area contributed by atoms with Gasteiger partial charge in [-0.15, -0.1) is 5.10 Å². The lowest BCUT2D eigenvalue weighted by Crippen LogP contribution is -2.29. The van der Waals surface area contributed by atoms with Crippen LogP contribution in [0.2, 0.25) is 0 Å². The Morgan fingerprint density at radius 1 is 1.35 bits per heavy atom. The van der Waals surface area contributed by atoms with Gasteiger partial charge in [-0.3, -0.25) is 0 Å². The molecule has 0 spiro atoms. The van der Waals surface area contributed by atoms with Crippen LogP contribution in [0.1, 0.15) is 42.7 Å². The van der Waals surface area contributed by atoms with Gasteiger partial charge in [-0.2, -0.15) is 10.3 Å². The number of nitrogens with zero attached hydrogens (tertiary/aromatic N) is 3. The standard InChI is InChI=1S/C17H22N4O2/c1-3-9-21-10-5-6-12-11-13(7-8-14(12)21)15-16(19-20-18-15)17(22)23-4-2/h7-8,11H,3-6,9-10H2,1-2H3,(H,18,19,20). The topological polar surface area (TPSA) is 71.1 Å². The van der Waals surface area contributed by atoms with E-state index in [1.54, 1.807) is 6.92 Å². The van der Waals surface area contributed by atoms with Gasteiger partial charge < -0.3 is 9.64 Å². The van der Waals surface area contributed by atoms with Crippen molar-refractivity contribution in [1.82, 2.24) is 15.4 Å². The molecule has 0 saturated carbocycles. The van der Waals surface area contributed by atoms with E-state index in [0.717, 1.165) is 37.9 Å². The lowest BCUT2D eigenvalue weighted by Gasteiger charge is -2.31. The third-order valence-corrected chi connectivity index (χ3v) is 4.08. The van der Waals surface area contributed by atoms with E-state index in [2.05, 4.69) is 39.4 Å². The van der Waals surface area contributed by atoms with Crippen molar-refractivity contribution in [2.75, 3.05) is 24.6 Å². The zero-order valence-electron chi connectivity index (χ0n) is 13.6. The van der Waals surface area contributed by atoms with Crippen molar-refractivity contribution in [2.45, 2.75) is 33.1 Å². The number of aromatic amines is 1. The van der Waals surface area contributed by atoms with Crippen molar-refractivity contribution < 1.29 is 9.53 Å². The van der Waals surface area contributed by atoms with Crippen molar-refractivity contribution >= 4 is 11.7 Å². The Balaban J connectivity index is 1.94. The fraction of sp³-hybridized carbons (Fsp3) is 0.471. The second-order valence-corrected chi connectivity index (χ2v) is 5.68. The maximum absolute atomic E-state index is 12.0. The summed E-state index contributed by atoms with van der Waals surface area (Å²) in [5.41, 5.74) is 4.30. The van der Waals surface area contributed by atoms with Gasteiger partial charge in [0.05, 0.1) is 6.61 Å². The first kappa shape index (κ1) is 15.5. The Morgan fingerprint density at radius 3 is 3.00 bits per heavy atom. The molecule has 2 aromatic rings. The number of hydrogen-bond acceptors (Lipinski definition) is 5. The third-order valence-electron chi connectivity index (χ3n) is 4.08. The van der Waals surface area contributed by atoms with E-state index < -0.39 is 5.97 Å². The van der Waals surface area contributed by atoms with Crippen LogP contribution in [0.15, 0.2) is 18.2 Å². The summed E-state index contributed by atoms with van der Waals surface area (Å²) in [5, 5.41) is 10.6. The van der Waals surface area contributed by atoms with Crippen LogP contribution in [-0.4, -0.2) is 41.1 Å². The third kappa shape index (κ3) is 3.06. The molecular formula is C17H22N4O2. The van der Waals surface area contributed by atoms with Gasteiger partial charge in [-0.1, -0.05) is 13.0 Å². The van der Waals surface area contributed by atoms with Gasteiger partial charge in [-0.25, -0.2) is 4.79 Å². The van der Waals surface area contributed by atoms with E-state index in [1.165, 1.54) is 11.3 Å². The fourth-order valence-electron chi connectivity index (χ4n) is 3.10. The maximum atomic E-state index is 12.0. The number of aryl methyl sites for hydroxylation is 1. The molecule has 1 aliphatic rings. The SMILES string of the molecule is CCCN1CCCc2cc(-c3n[nH]nc3C(=O)OCC)ccc21. The zero-order valence-corrected chi connectivity index (χ0v) is 13.6. The summed E-state index contributed by atoms with van der Waals surface area (Å²) in [7, 11) is 0. The molecule has 0 fully saturated rings. The molecule has 1 N–H and O–H groups in total. The van der Waals surface area contributed by atoms with Gasteiger partial charge in [0.25, 0.3) is 0 Å². The van der Waals surface area contributed by atoms with E-state index in [-0.39, 0.29) is 5.69 Å². The average molecular weight is 314 g/mol. The first-order valence-corrected chi connectivity index (χ1v) is 8.20. The van der Waals surface area contributed by atoms with Gasteiger partial charge in [0, 0.05) is 24.3 Å². The molecule has 3 rings (SSSR count). The molecule has 0 saturated heterocycles. The fourth-order valence-corrected chi connectivity index (χ4v) is 3.10.